The topological polar surface area (TPSA) is 65.0 Å². The molecule has 0 aliphatic heterocycles. The summed E-state index contributed by atoms with van der Waals surface area (Å²) in [6.45, 7) is 6.43. The van der Waals surface area contributed by atoms with Crippen LogP contribution in [-0.2, 0) is 19.1 Å². The Hall–Kier alpha value is -2.39. The number of methoxy groups -OCH3 is 2. The second kappa shape index (κ2) is 8.29. The van der Waals surface area contributed by atoms with E-state index in [0.29, 0.717) is 11.3 Å². The molecular weight excluding hydrogens is 310 g/mol. The van der Waals surface area contributed by atoms with Crippen LogP contribution in [0.1, 0.15) is 12.0 Å². The van der Waals surface area contributed by atoms with Gasteiger partial charge in [-0.15, -0.1) is 5.54 Å². The maximum Gasteiger partial charge on any atom is 0.353 e. The second-order valence-electron chi connectivity index (χ2n) is 5.82. The Morgan fingerprint density at radius 3 is 2.35 bits per heavy atom. The van der Waals surface area contributed by atoms with Crippen molar-refractivity contribution in [1.82, 2.24) is 0 Å². The highest BCUT2D eigenvalue weighted by atomic mass is 28.3. The van der Waals surface area contributed by atoms with Gasteiger partial charge in [-0.25, -0.2) is 9.79 Å². The summed E-state index contributed by atoms with van der Waals surface area (Å²) in [6, 6.07) is 7.23. The predicted molar refractivity (Wildman–Crippen MR) is 92.4 cm³/mol. The lowest BCUT2D eigenvalue weighted by molar-refractivity contribution is -0.140. The Kier molecular flexibility index (Phi) is 6.73. The van der Waals surface area contributed by atoms with Crippen molar-refractivity contribution in [3.63, 3.8) is 0 Å². The van der Waals surface area contributed by atoms with Gasteiger partial charge in [0, 0.05) is 5.56 Å². The summed E-state index contributed by atoms with van der Waals surface area (Å²) in [5.41, 5.74) is 4.49. The van der Waals surface area contributed by atoms with E-state index in [1.54, 1.807) is 12.1 Å². The number of para-hydroxylation sites is 1. The summed E-state index contributed by atoms with van der Waals surface area (Å²) in [6.07, 6.45) is -0.251. The number of benzene rings is 1. The van der Waals surface area contributed by atoms with Gasteiger partial charge in [0.15, 0.2) is 0 Å². The molecule has 23 heavy (non-hydrogen) atoms. The van der Waals surface area contributed by atoms with Gasteiger partial charge >= 0.3 is 11.9 Å². The maximum atomic E-state index is 11.8. The minimum absolute atomic E-state index is 0.0124. The lowest BCUT2D eigenvalue weighted by atomic mass is 10.2. The lowest BCUT2D eigenvalue weighted by Crippen LogP contribution is -2.20. The molecule has 1 aromatic carbocycles. The van der Waals surface area contributed by atoms with E-state index in [2.05, 4.69) is 45.6 Å². The molecule has 0 spiro atoms. The van der Waals surface area contributed by atoms with E-state index in [0.717, 1.165) is 0 Å². The molecule has 1 rings (SSSR count). The molecular formula is C17H21NO4Si. The molecule has 0 heterocycles. The molecule has 0 radical (unpaired) electrons. The molecule has 5 nitrogen and oxygen atoms in total. The van der Waals surface area contributed by atoms with Gasteiger partial charge < -0.3 is 9.47 Å². The molecule has 122 valence electrons. The number of esters is 2. The van der Waals surface area contributed by atoms with Crippen molar-refractivity contribution in [2.75, 3.05) is 14.2 Å². The molecule has 0 atom stereocenters. The highest BCUT2D eigenvalue weighted by Crippen LogP contribution is 2.19. The fraction of sp³-hybridized carbons (Fsp3) is 0.353. The van der Waals surface area contributed by atoms with Crippen molar-refractivity contribution < 1.29 is 19.1 Å². The van der Waals surface area contributed by atoms with E-state index >= 15 is 0 Å². The molecule has 0 saturated carbocycles. The third-order valence-corrected chi connectivity index (χ3v) is 3.57. The first-order valence-corrected chi connectivity index (χ1v) is 10.6. The van der Waals surface area contributed by atoms with Crippen LogP contribution in [0.25, 0.3) is 0 Å². The van der Waals surface area contributed by atoms with E-state index in [-0.39, 0.29) is 12.1 Å². The van der Waals surface area contributed by atoms with E-state index in [1.165, 1.54) is 14.2 Å². The third kappa shape index (κ3) is 6.49. The van der Waals surface area contributed by atoms with Crippen LogP contribution in [0.15, 0.2) is 29.3 Å². The van der Waals surface area contributed by atoms with Gasteiger partial charge in [0.25, 0.3) is 0 Å². The van der Waals surface area contributed by atoms with Crippen molar-refractivity contribution >= 4 is 31.4 Å². The normalized spacial score (nSPS) is 11.3. The van der Waals surface area contributed by atoms with Crippen LogP contribution in [0, 0.1) is 11.5 Å². The number of rotatable bonds is 4. The fourth-order valence-corrected chi connectivity index (χ4v) is 2.07. The predicted octanol–water partition coefficient (Wildman–Crippen LogP) is 2.72. The molecule has 0 amide bonds. The van der Waals surface area contributed by atoms with Crippen molar-refractivity contribution in [3.05, 3.63) is 29.8 Å². The molecule has 6 heteroatoms. The minimum atomic E-state index is -1.54. The van der Waals surface area contributed by atoms with Gasteiger partial charge in [0.1, 0.15) is 13.8 Å². The van der Waals surface area contributed by atoms with E-state index in [4.69, 9.17) is 0 Å². The lowest BCUT2D eigenvalue weighted by Gasteiger charge is -2.06. The number of aliphatic imine (C=N–C) groups is 1. The highest BCUT2D eigenvalue weighted by molar-refractivity contribution is 6.83. The summed E-state index contributed by atoms with van der Waals surface area (Å²) in [7, 11) is 0.958. The molecule has 0 aliphatic rings. The third-order valence-electron chi connectivity index (χ3n) is 2.69. The summed E-state index contributed by atoms with van der Waals surface area (Å²) in [5, 5.41) is 0. The van der Waals surface area contributed by atoms with Crippen LogP contribution < -0.4 is 0 Å². The molecule has 1 aromatic rings. The number of nitrogens with zero attached hydrogens (tertiary/aromatic N) is 1. The zero-order valence-electron chi connectivity index (χ0n) is 14.1. The Labute approximate surface area is 137 Å². The molecule has 0 bridgehead atoms. The zero-order chi connectivity index (χ0) is 17.5. The van der Waals surface area contributed by atoms with Crippen molar-refractivity contribution in [2.45, 2.75) is 26.1 Å². The second-order valence-corrected chi connectivity index (χ2v) is 10.6. The van der Waals surface area contributed by atoms with Gasteiger partial charge in [-0.2, -0.15) is 0 Å². The number of hydrogen-bond acceptors (Lipinski definition) is 5. The van der Waals surface area contributed by atoms with Crippen LogP contribution in [0.3, 0.4) is 0 Å². The van der Waals surface area contributed by atoms with E-state index in [9.17, 15) is 9.59 Å². The SMILES string of the molecule is COC(=O)CC(=Nc1ccccc1C#C[Si](C)(C)C)C(=O)OC. The Balaban J connectivity index is 3.28. The average Bonchev–Trinajstić information content (AvgIpc) is 2.51. The van der Waals surface area contributed by atoms with Crippen molar-refractivity contribution in [2.24, 2.45) is 4.99 Å². The van der Waals surface area contributed by atoms with E-state index < -0.39 is 20.0 Å². The first-order chi connectivity index (χ1) is 10.8. The van der Waals surface area contributed by atoms with Crippen LogP contribution in [-0.4, -0.2) is 39.9 Å². The number of carbonyl (C=O) groups is 2. The molecule has 0 N–H and O–H groups in total. The Morgan fingerprint density at radius 1 is 1.13 bits per heavy atom. The summed E-state index contributed by atoms with van der Waals surface area (Å²) >= 11 is 0. The Morgan fingerprint density at radius 2 is 1.78 bits per heavy atom. The van der Waals surface area contributed by atoms with Gasteiger partial charge in [-0.1, -0.05) is 37.7 Å². The van der Waals surface area contributed by atoms with Crippen LogP contribution in [0.2, 0.25) is 19.6 Å². The van der Waals surface area contributed by atoms with Crippen LogP contribution in [0.5, 0.6) is 0 Å². The standard InChI is InChI=1S/C17H21NO4Si/c1-21-16(19)12-15(17(20)22-2)18-14-9-7-6-8-13(14)10-11-23(3,4)5/h6-9H,12H2,1-5H3. The number of carbonyl (C=O) groups excluding carboxylic acids is 2. The first-order valence-electron chi connectivity index (χ1n) is 7.11. The Bertz CT molecular complexity index is 678. The molecule has 0 fully saturated rings. The van der Waals surface area contributed by atoms with Gasteiger partial charge in [-0.3, -0.25) is 4.79 Å². The highest BCUT2D eigenvalue weighted by Gasteiger charge is 2.17. The summed E-state index contributed by atoms with van der Waals surface area (Å²) in [4.78, 5) is 27.5. The summed E-state index contributed by atoms with van der Waals surface area (Å²) < 4.78 is 9.26. The molecule has 0 saturated heterocycles. The number of ether oxygens (including phenoxy) is 2. The monoisotopic (exact) mass is 331 g/mol. The molecule has 0 aromatic heterocycles. The molecule has 0 aliphatic carbocycles. The maximum absolute atomic E-state index is 11.8. The van der Waals surface area contributed by atoms with Crippen molar-refractivity contribution in [3.8, 4) is 11.5 Å². The van der Waals surface area contributed by atoms with Gasteiger partial charge in [0.05, 0.1) is 26.3 Å². The van der Waals surface area contributed by atoms with Crippen LogP contribution in [0.4, 0.5) is 5.69 Å². The van der Waals surface area contributed by atoms with E-state index in [1.807, 2.05) is 12.1 Å². The van der Waals surface area contributed by atoms with Gasteiger partial charge in [0.2, 0.25) is 0 Å². The molecule has 0 unspecified atom stereocenters. The first kappa shape index (κ1) is 18.7. The minimum Gasteiger partial charge on any atom is -0.469 e. The van der Waals surface area contributed by atoms with Crippen molar-refractivity contribution in [1.29, 1.82) is 0 Å². The summed E-state index contributed by atoms with van der Waals surface area (Å²) in [5.74, 6) is 1.90. The zero-order valence-corrected chi connectivity index (χ0v) is 15.1. The van der Waals surface area contributed by atoms with Gasteiger partial charge in [-0.05, 0) is 12.1 Å². The fourth-order valence-electron chi connectivity index (χ4n) is 1.56. The average molecular weight is 331 g/mol. The largest absolute Gasteiger partial charge is 0.469 e. The van der Waals surface area contributed by atoms with Crippen LogP contribution >= 0.6 is 0 Å². The number of hydrogen-bond donors (Lipinski definition) is 0. The smallest absolute Gasteiger partial charge is 0.353 e. The quantitative estimate of drug-likeness (QED) is 0.368.